The van der Waals surface area contributed by atoms with Gasteiger partial charge in [-0.05, 0) is 18.4 Å². The van der Waals surface area contributed by atoms with E-state index in [1.165, 1.54) is 6.20 Å². The first kappa shape index (κ1) is 8.69. The Bertz CT molecular complexity index is 506. The number of nitrogens with zero attached hydrogens (tertiary/aromatic N) is 1. The van der Waals surface area contributed by atoms with Crippen LogP contribution < -0.4 is 0 Å². The van der Waals surface area contributed by atoms with Crippen LogP contribution in [0.1, 0.15) is 15.9 Å². The molecule has 3 heteroatoms. The minimum Gasteiger partial charge on any atom is -0.478 e. The third-order valence-electron chi connectivity index (χ3n) is 2.14. The van der Waals surface area contributed by atoms with Gasteiger partial charge in [0.15, 0.2) is 0 Å². The lowest BCUT2D eigenvalue weighted by Gasteiger charge is -2.01. The average Bonchev–Trinajstić information content (AvgIpc) is 2.16. The largest absolute Gasteiger partial charge is 0.478 e. The molecule has 0 aliphatic carbocycles. The molecule has 1 heterocycles. The van der Waals surface area contributed by atoms with Crippen LogP contribution in [0.5, 0.6) is 0 Å². The molecule has 2 aromatic rings. The summed E-state index contributed by atoms with van der Waals surface area (Å²) in [6.45, 7) is 1.97. The number of hydrogen-bond acceptors (Lipinski definition) is 2. The number of fused-ring (bicyclic) bond motifs is 1. The van der Waals surface area contributed by atoms with Crippen LogP contribution in [0, 0.1) is 6.92 Å². The molecule has 1 aromatic carbocycles. The zero-order valence-corrected chi connectivity index (χ0v) is 7.69. The van der Waals surface area contributed by atoms with Crippen molar-refractivity contribution in [3.05, 3.63) is 41.7 Å². The van der Waals surface area contributed by atoms with Crippen LogP contribution in [0.15, 0.2) is 30.6 Å². The summed E-state index contributed by atoms with van der Waals surface area (Å²) in [6.07, 6.45) is 3.05. The van der Waals surface area contributed by atoms with Gasteiger partial charge >= 0.3 is 5.97 Å². The Morgan fingerprint density at radius 3 is 2.86 bits per heavy atom. The van der Waals surface area contributed by atoms with Crippen molar-refractivity contribution in [2.75, 3.05) is 0 Å². The number of carboxylic acids is 1. The molecule has 1 aromatic heterocycles. The average molecular weight is 187 g/mol. The molecule has 0 atom stereocenters. The highest BCUT2D eigenvalue weighted by Crippen LogP contribution is 2.18. The van der Waals surface area contributed by atoms with E-state index in [4.69, 9.17) is 5.11 Å². The van der Waals surface area contributed by atoms with E-state index >= 15 is 0 Å². The summed E-state index contributed by atoms with van der Waals surface area (Å²) in [5, 5.41) is 10.5. The lowest BCUT2D eigenvalue weighted by atomic mass is 10.1. The molecule has 0 saturated carbocycles. The zero-order chi connectivity index (χ0) is 10.1. The molecule has 0 aliphatic rings. The number of aromatic carboxylic acids is 1. The highest BCUT2D eigenvalue weighted by molar-refractivity contribution is 6.03. The summed E-state index contributed by atoms with van der Waals surface area (Å²) in [7, 11) is 0. The fourth-order valence-electron chi connectivity index (χ4n) is 1.47. The molecule has 0 amide bonds. The summed E-state index contributed by atoms with van der Waals surface area (Å²) in [5.74, 6) is -0.938. The lowest BCUT2D eigenvalue weighted by molar-refractivity contribution is 0.0698. The molecule has 2 rings (SSSR count). The van der Waals surface area contributed by atoms with E-state index in [0.29, 0.717) is 0 Å². The van der Waals surface area contributed by atoms with Crippen molar-refractivity contribution in [3.8, 4) is 0 Å². The Morgan fingerprint density at radius 2 is 2.14 bits per heavy atom. The molecular weight excluding hydrogens is 178 g/mol. The number of rotatable bonds is 1. The monoisotopic (exact) mass is 187 g/mol. The summed E-state index contributed by atoms with van der Waals surface area (Å²) in [5.41, 5.74) is 1.35. The second kappa shape index (κ2) is 3.10. The second-order valence-electron chi connectivity index (χ2n) is 3.22. The number of aromatic nitrogens is 1. The number of pyridine rings is 1. The normalized spacial score (nSPS) is 10.4. The molecule has 14 heavy (non-hydrogen) atoms. The number of aryl methyl sites for hydroxylation is 1. The van der Waals surface area contributed by atoms with E-state index in [1.54, 1.807) is 6.20 Å². The van der Waals surface area contributed by atoms with Crippen molar-refractivity contribution in [2.24, 2.45) is 0 Å². The second-order valence-corrected chi connectivity index (χ2v) is 3.22. The molecule has 0 aliphatic heterocycles. The van der Waals surface area contributed by atoms with Gasteiger partial charge in [-0.15, -0.1) is 0 Å². The molecular formula is C11H9NO2. The first-order chi connectivity index (χ1) is 6.68. The fourth-order valence-corrected chi connectivity index (χ4v) is 1.47. The Morgan fingerprint density at radius 1 is 1.36 bits per heavy atom. The van der Waals surface area contributed by atoms with Crippen LogP contribution >= 0.6 is 0 Å². The maximum Gasteiger partial charge on any atom is 0.337 e. The molecule has 70 valence electrons. The van der Waals surface area contributed by atoms with Gasteiger partial charge in [-0.25, -0.2) is 4.79 Å². The highest BCUT2D eigenvalue weighted by Gasteiger charge is 2.07. The quantitative estimate of drug-likeness (QED) is 0.744. The highest BCUT2D eigenvalue weighted by atomic mass is 16.4. The molecule has 0 spiro atoms. The van der Waals surface area contributed by atoms with Crippen LogP contribution in [0.2, 0.25) is 0 Å². The topological polar surface area (TPSA) is 50.2 Å². The molecule has 0 fully saturated rings. The van der Waals surface area contributed by atoms with Crippen molar-refractivity contribution < 1.29 is 9.90 Å². The van der Waals surface area contributed by atoms with Gasteiger partial charge in [0, 0.05) is 17.8 Å². The molecule has 1 N–H and O–H groups in total. The van der Waals surface area contributed by atoms with E-state index in [0.717, 1.165) is 16.3 Å². The zero-order valence-electron chi connectivity index (χ0n) is 7.69. The number of benzene rings is 1. The third-order valence-corrected chi connectivity index (χ3v) is 2.14. The van der Waals surface area contributed by atoms with Gasteiger partial charge in [0.2, 0.25) is 0 Å². The van der Waals surface area contributed by atoms with Crippen molar-refractivity contribution in [3.63, 3.8) is 0 Å². The van der Waals surface area contributed by atoms with Crippen LogP contribution in [-0.2, 0) is 0 Å². The molecule has 0 radical (unpaired) electrons. The van der Waals surface area contributed by atoms with E-state index < -0.39 is 5.97 Å². The molecule has 0 saturated heterocycles. The van der Waals surface area contributed by atoms with E-state index in [-0.39, 0.29) is 5.56 Å². The summed E-state index contributed by atoms with van der Waals surface area (Å²) >= 11 is 0. The minimum atomic E-state index is -0.938. The van der Waals surface area contributed by atoms with Crippen LogP contribution in [0.3, 0.4) is 0 Å². The van der Waals surface area contributed by atoms with Crippen LogP contribution in [-0.4, -0.2) is 16.1 Å². The number of carboxylic acid groups (broad SMARTS) is 1. The summed E-state index contributed by atoms with van der Waals surface area (Å²) in [4.78, 5) is 14.8. The van der Waals surface area contributed by atoms with Gasteiger partial charge in [-0.3, -0.25) is 4.98 Å². The smallest absolute Gasteiger partial charge is 0.337 e. The van der Waals surface area contributed by atoms with Crippen molar-refractivity contribution in [1.82, 2.24) is 4.98 Å². The Hall–Kier alpha value is -1.90. The Balaban J connectivity index is 2.81. The first-order valence-electron chi connectivity index (χ1n) is 4.26. The number of hydrogen-bond donors (Lipinski definition) is 1. The van der Waals surface area contributed by atoms with Gasteiger partial charge in [0.25, 0.3) is 0 Å². The van der Waals surface area contributed by atoms with Gasteiger partial charge in [-0.1, -0.05) is 17.7 Å². The van der Waals surface area contributed by atoms with Crippen molar-refractivity contribution in [1.29, 1.82) is 0 Å². The molecule has 0 bridgehead atoms. The SMILES string of the molecule is Cc1ccc2c(C(=O)O)cncc2c1. The Kier molecular flexibility index (Phi) is 1.93. The summed E-state index contributed by atoms with van der Waals surface area (Å²) < 4.78 is 0. The predicted octanol–water partition coefficient (Wildman–Crippen LogP) is 2.24. The van der Waals surface area contributed by atoms with Crippen LogP contribution in [0.4, 0.5) is 0 Å². The maximum absolute atomic E-state index is 10.9. The predicted molar refractivity (Wildman–Crippen MR) is 53.4 cm³/mol. The van der Waals surface area contributed by atoms with Crippen molar-refractivity contribution in [2.45, 2.75) is 6.92 Å². The minimum absolute atomic E-state index is 0.252. The third kappa shape index (κ3) is 1.33. The number of carbonyl (C=O) groups is 1. The van der Waals surface area contributed by atoms with Gasteiger partial charge in [0.1, 0.15) is 0 Å². The summed E-state index contributed by atoms with van der Waals surface area (Å²) in [6, 6.07) is 5.64. The van der Waals surface area contributed by atoms with E-state index in [9.17, 15) is 4.79 Å². The van der Waals surface area contributed by atoms with Gasteiger partial charge < -0.3 is 5.11 Å². The van der Waals surface area contributed by atoms with Gasteiger partial charge in [0.05, 0.1) is 5.56 Å². The van der Waals surface area contributed by atoms with Gasteiger partial charge in [-0.2, -0.15) is 0 Å². The first-order valence-corrected chi connectivity index (χ1v) is 4.26. The van der Waals surface area contributed by atoms with Crippen molar-refractivity contribution >= 4 is 16.7 Å². The molecule has 3 nitrogen and oxygen atoms in total. The van der Waals surface area contributed by atoms with E-state index in [1.807, 2.05) is 25.1 Å². The Labute approximate surface area is 81.0 Å². The maximum atomic E-state index is 10.9. The lowest BCUT2D eigenvalue weighted by Crippen LogP contribution is -1.98. The van der Waals surface area contributed by atoms with Crippen LogP contribution in [0.25, 0.3) is 10.8 Å². The fraction of sp³-hybridized carbons (Fsp3) is 0.0909. The standard InChI is InChI=1S/C11H9NO2/c1-7-2-3-9-8(4-7)5-12-6-10(9)11(13)14/h2-6H,1H3,(H,13,14). The molecule has 0 unspecified atom stereocenters. The van der Waals surface area contributed by atoms with E-state index in [2.05, 4.69) is 4.98 Å².